The maximum Gasteiger partial charge on any atom is 0.251 e. The molecule has 0 aromatic heterocycles. The van der Waals surface area contributed by atoms with E-state index in [0.717, 1.165) is 17.7 Å². The van der Waals surface area contributed by atoms with Gasteiger partial charge in [-0.1, -0.05) is 37.3 Å². The molecule has 3 nitrogen and oxygen atoms in total. The first kappa shape index (κ1) is 14.1. The lowest BCUT2D eigenvalue weighted by atomic mass is 10.0. The maximum absolute atomic E-state index is 12.2. The molecule has 0 aliphatic carbocycles. The van der Waals surface area contributed by atoms with Crippen molar-refractivity contribution in [3.8, 4) is 5.75 Å². The molecule has 2 aromatic carbocycles. The van der Waals surface area contributed by atoms with E-state index in [1.54, 1.807) is 31.4 Å². The highest BCUT2D eigenvalue weighted by Crippen LogP contribution is 2.17. The van der Waals surface area contributed by atoms with Gasteiger partial charge in [0.1, 0.15) is 5.75 Å². The molecular weight excluding hydrogens is 250 g/mol. The van der Waals surface area contributed by atoms with Gasteiger partial charge in [0.05, 0.1) is 13.2 Å². The summed E-state index contributed by atoms with van der Waals surface area (Å²) in [4.78, 5) is 12.2. The molecule has 0 bridgehead atoms. The van der Waals surface area contributed by atoms with Crippen molar-refractivity contribution >= 4 is 5.91 Å². The predicted octanol–water partition coefficient (Wildman–Crippen LogP) is 3.58. The molecule has 1 N–H and O–H groups in total. The van der Waals surface area contributed by atoms with Gasteiger partial charge < -0.3 is 10.1 Å². The summed E-state index contributed by atoms with van der Waals surface area (Å²) in [6.45, 7) is 2.06. The monoisotopic (exact) mass is 269 g/mol. The van der Waals surface area contributed by atoms with E-state index in [2.05, 4.69) is 12.2 Å². The number of ether oxygens (including phenoxy) is 1. The van der Waals surface area contributed by atoms with Crippen LogP contribution in [0.4, 0.5) is 0 Å². The van der Waals surface area contributed by atoms with Crippen LogP contribution in [0.15, 0.2) is 54.6 Å². The van der Waals surface area contributed by atoms with Gasteiger partial charge in [-0.15, -0.1) is 0 Å². The lowest BCUT2D eigenvalue weighted by Crippen LogP contribution is -2.28. The van der Waals surface area contributed by atoms with E-state index < -0.39 is 0 Å². The molecule has 1 amide bonds. The molecule has 0 spiro atoms. The minimum atomic E-state index is -0.0663. The molecule has 2 aromatic rings. The van der Waals surface area contributed by atoms with Crippen LogP contribution >= 0.6 is 0 Å². The zero-order valence-corrected chi connectivity index (χ0v) is 11.8. The van der Waals surface area contributed by atoms with E-state index in [1.165, 1.54) is 0 Å². The van der Waals surface area contributed by atoms with Gasteiger partial charge in [-0.25, -0.2) is 0 Å². The molecule has 0 radical (unpaired) electrons. The minimum absolute atomic E-state index is 0.0331. The van der Waals surface area contributed by atoms with Gasteiger partial charge in [0, 0.05) is 5.56 Å². The minimum Gasteiger partial charge on any atom is -0.497 e. The number of carbonyl (C=O) groups excluding carboxylic acids is 1. The Bertz CT molecular complexity index is 549. The van der Waals surface area contributed by atoms with Crippen molar-refractivity contribution in [3.63, 3.8) is 0 Å². The van der Waals surface area contributed by atoms with Gasteiger partial charge >= 0.3 is 0 Å². The lowest BCUT2D eigenvalue weighted by molar-refractivity contribution is 0.0935. The SMILES string of the molecule is CC[C@H](NC(=O)c1ccc(OC)cc1)c1ccccc1. The van der Waals surface area contributed by atoms with Crippen LogP contribution in [0.1, 0.15) is 35.3 Å². The number of carbonyl (C=O) groups is 1. The van der Waals surface area contributed by atoms with E-state index in [4.69, 9.17) is 4.74 Å². The predicted molar refractivity (Wildman–Crippen MR) is 79.9 cm³/mol. The zero-order valence-electron chi connectivity index (χ0n) is 11.8. The molecule has 0 unspecified atom stereocenters. The first-order valence-corrected chi connectivity index (χ1v) is 6.74. The van der Waals surface area contributed by atoms with E-state index in [0.29, 0.717) is 5.56 Å². The number of rotatable bonds is 5. The van der Waals surface area contributed by atoms with Gasteiger partial charge in [0.25, 0.3) is 5.91 Å². The van der Waals surface area contributed by atoms with Crippen molar-refractivity contribution in [2.75, 3.05) is 7.11 Å². The molecule has 2 rings (SSSR count). The first-order valence-electron chi connectivity index (χ1n) is 6.74. The Kier molecular flexibility index (Phi) is 4.77. The molecule has 104 valence electrons. The standard InChI is InChI=1S/C17H19NO2/c1-3-16(13-7-5-4-6-8-13)18-17(19)14-9-11-15(20-2)12-10-14/h4-12,16H,3H2,1-2H3,(H,18,19)/t16-/m0/s1. The Morgan fingerprint density at radius 1 is 1.10 bits per heavy atom. The third-order valence-electron chi connectivity index (χ3n) is 3.27. The highest BCUT2D eigenvalue weighted by molar-refractivity contribution is 5.94. The van der Waals surface area contributed by atoms with Gasteiger partial charge in [-0.05, 0) is 36.2 Å². The second-order valence-corrected chi connectivity index (χ2v) is 4.57. The van der Waals surface area contributed by atoms with Crippen molar-refractivity contribution < 1.29 is 9.53 Å². The Morgan fingerprint density at radius 2 is 1.75 bits per heavy atom. The average Bonchev–Trinajstić information content (AvgIpc) is 2.53. The Morgan fingerprint density at radius 3 is 2.30 bits per heavy atom. The third-order valence-corrected chi connectivity index (χ3v) is 3.27. The molecule has 0 aliphatic rings. The average molecular weight is 269 g/mol. The number of methoxy groups -OCH3 is 1. The van der Waals surface area contributed by atoms with E-state index in [1.807, 2.05) is 30.3 Å². The topological polar surface area (TPSA) is 38.3 Å². The second-order valence-electron chi connectivity index (χ2n) is 4.57. The Hall–Kier alpha value is -2.29. The van der Waals surface area contributed by atoms with Crippen LogP contribution in [-0.2, 0) is 0 Å². The van der Waals surface area contributed by atoms with Crippen LogP contribution in [0.3, 0.4) is 0 Å². The molecular formula is C17H19NO2. The van der Waals surface area contributed by atoms with Crippen LogP contribution in [0.25, 0.3) is 0 Å². The van der Waals surface area contributed by atoms with Crippen LogP contribution in [0.5, 0.6) is 5.75 Å². The smallest absolute Gasteiger partial charge is 0.251 e. The lowest BCUT2D eigenvalue weighted by Gasteiger charge is -2.17. The van der Waals surface area contributed by atoms with Gasteiger partial charge in [-0.3, -0.25) is 4.79 Å². The summed E-state index contributed by atoms with van der Waals surface area (Å²) < 4.78 is 5.09. The van der Waals surface area contributed by atoms with Crippen LogP contribution in [0.2, 0.25) is 0 Å². The highest BCUT2D eigenvalue weighted by Gasteiger charge is 2.13. The number of benzene rings is 2. The van der Waals surface area contributed by atoms with Crippen molar-refractivity contribution in [1.29, 1.82) is 0 Å². The molecule has 0 heterocycles. The van der Waals surface area contributed by atoms with Crippen molar-refractivity contribution in [3.05, 3.63) is 65.7 Å². The third kappa shape index (κ3) is 3.38. The van der Waals surface area contributed by atoms with E-state index in [-0.39, 0.29) is 11.9 Å². The summed E-state index contributed by atoms with van der Waals surface area (Å²) in [6.07, 6.45) is 0.853. The summed E-state index contributed by atoms with van der Waals surface area (Å²) in [6, 6.07) is 17.2. The quantitative estimate of drug-likeness (QED) is 0.901. The van der Waals surface area contributed by atoms with Crippen molar-refractivity contribution in [2.45, 2.75) is 19.4 Å². The van der Waals surface area contributed by atoms with Crippen LogP contribution in [0, 0.1) is 0 Å². The normalized spacial score (nSPS) is 11.7. The fourth-order valence-corrected chi connectivity index (χ4v) is 2.09. The van der Waals surface area contributed by atoms with E-state index >= 15 is 0 Å². The summed E-state index contributed by atoms with van der Waals surface area (Å²) in [5, 5.41) is 3.06. The highest BCUT2D eigenvalue weighted by atomic mass is 16.5. The van der Waals surface area contributed by atoms with E-state index in [9.17, 15) is 4.79 Å². The molecule has 3 heteroatoms. The Balaban J connectivity index is 2.09. The fourth-order valence-electron chi connectivity index (χ4n) is 2.09. The molecule has 0 saturated carbocycles. The van der Waals surface area contributed by atoms with Gasteiger partial charge in [-0.2, -0.15) is 0 Å². The second kappa shape index (κ2) is 6.75. The molecule has 1 atom stereocenters. The van der Waals surface area contributed by atoms with Gasteiger partial charge in [0.15, 0.2) is 0 Å². The van der Waals surface area contributed by atoms with Crippen LogP contribution < -0.4 is 10.1 Å². The molecule has 0 fully saturated rings. The molecule has 20 heavy (non-hydrogen) atoms. The van der Waals surface area contributed by atoms with Gasteiger partial charge in [0.2, 0.25) is 0 Å². The van der Waals surface area contributed by atoms with Crippen LogP contribution in [-0.4, -0.2) is 13.0 Å². The Labute approximate surface area is 119 Å². The number of hydrogen-bond acceptors (Lipinski definition) is 2. The van der Waals surface area contributed by atoms with Crippen molar-refractivity contribution in [2.24, 2.45) is 0 Å². The maximum atomic E-state index is 12.2. The number of nitrogens with one attached hydrogen (secondary N) is 1. The molecule has 0 aliphatic heterocycles. The first-order chi connectivity index (χ1) is 9.74. The van der Waals surface area contributed by atoms with Crippen molar-refractivity contribution in [1.82, 2.24) is 5.32 Å². The summed E-state index contributed by atoms with van der Waals surface area (Å²) in [5.74, 6) is 0.681. The summed E-state index contributed by atoms with van der Waals surface area (Å²) in [5.41, 5.74) is 1.76. The number of amides is 1. The zero-order chi connectivity index (χ0) is 14.4. The summed E-state index contributed by atoms with van der Waals surface area (Å²) in [7, 11) is 1.61. The fraction of sp³-hybridized carbons (Fsp3) is 0.235. The summed E-state index contributed by atoms with van der Waals surface area (Å²) >= 11 is 0. The number of hydrogen-bond donors (Lipinski definition) is 1. The largest absolute Gasteiger partial charge is 0.497 e. The molecule has 0 saturated heterocycles.